The standard InChI is InChI=1S/C15H17FN2O3/c16-11-6-4-9(5-7-11)15(21)18-13(14(17)20)10-2-1-3-12(19)8-10/h4-7,10,13H,1-3,8H2,(H2,17,20)(H,18,21)/t10-,13-/m0/s1. The molecule has 1 fully saturated rings. The number of rotatable bonds is 4. The predicted molar refractivity (Wildman–Crippen MR) is 73.8 cm³/mol. The Morgan fingerprint density at radius 2 is 1.95 bits per heavy atom. The molecule has 1 aliphatic rings. The fourth-order valence-electron chi connectivity index (χ4n) is 2.59. The van der Waals surface area contributed by atoms with Crippen LogP contribution in [0.4, 0.5) is 4.39 Å². The number of halogens is 1. The van der Waals surface area contributed by atoms with Crippen LogP contribution in [0.2, 0.25) is 0 Å². The van der Waals surface area contributed by atoms with Gasteiger partial charge in [-0.1, -0.05) is 0 Å². The molecule has 2 amide bonds. The van der Waals surface area contributed by atoms with E-state index < -0.39 is 23.7 Å². The number of nitrogens with one attached hydrogen (secondary N) is 1. The molecule has 0 radical (unpaired) electrons. The average molecular weight is 292 g/mol. The number of hydrogen-bond donors (Lipinski definition) is 2. The minimum Gasteiger partial charge on any atom is -0.368 e. The van der Waals surface area contributed by atoms with Gasteiger partial charge in [0, 0.05) is 18.4 Å². The molecule has 21 heavy (non-hydrogen) atoms. The monoisotopic (exact) mass is 292 g/mol. The second-order valence-electron chi connectivity index (χ2n) is 5.26. The molecule has 0 unspecified atom stereocenters. The number of primary amides is 1. The van der Waals surface area contributed by atoms with Crippen LogP contribution in [0, 0.1) is 11.7 Å². The molecular formula is C15H17FN2O3. The normalized spacial score (nSPS) is 19.9. The molecule has 0 spiro atoms. The van der Waals surface area contributed by atoms with Crippen molar-refractivity contribution in [2.45, 2.75) is 31.7 Å². The average Bonchev–Trinajstić information content (AvgIpc) is 2.45. The topological polar surface area (TPSA) is 89.3 Å². The zero-order valence-corrected chi connectivity index (χ0v) is 11.5. The summed E-state index contributed by atoms with van der Waals surface area (Å²) in [5.41, 5.74) is 5.58. The Morgan fingerprint density at radius 1 is 1.29 bits per heavy atom. The van der Waals surface area contributed by atoms with Gasteiger partial charge in [0.15, 0.2) is 0 Å². The van der Waals surface area contributed by atoms with Gasteiger partial charge in [0.05, 0.1) is 0 Å². The van der Waals surface area contributed by atoms with Crippen molar-refractivity contribution < 1.29 is 18.8 Å². The van der Waals surface area contributed by atoms with Gasteiger partial charge in [-0.25, -0.2) is 4.39 Å². The lowest BCUT2D eigenvalue weighted by Crippen LogP contribution is -2.50. The van der Waals surface area contributed by atoms with E-state index in [4.69, 9.17) is 5.73 Å². The third-order valence-electron chi connectivity index (χ3n) is 3.69. The lowest BCUT2D eigenvalue weighted by Gasteiger charge is -2.28. The summed E-state index contributed by atoms with van der Waals surface area (Å²) in [5, 5.41) is 2.55. The van der Waals surface area contributed by atoms with Gasteiger partial charge in [-0.3, -0.25) is 14.4 Å². The van der Waals surface area contributed by atoms with Gasteiger partial charge in [-0.2, -0.15) is 0 Å². The van der Waals surface area contributed by atoms with Gasteiger partial charge in [0.1, 0.15) is 17.6 Å². The second kappa shape index (κ2) is 6.47. The zero-order chi connectivity index (χ0) is 15.4. The summed E-state index contributed by atoms with van der Waals surface area (Å²) in [6.07, 6.45) is 2.12. The summed E-state index contributed by atoms with van der Waals surface area (Å²) in [5.74, 6) is -1.81. The van der Waals surface area contributed by atoms with Crippen LogP contribution in [0.15, 0.2) is 24.3 Å². The van der Waals surface area contributed by atoms with E-state index in [1.54, 1.807) is 0 Å². The van der Waals surface area contributed by atoms with Crippen molar-refractivity contribution in [1.82, 2.24) is 5.32 Å². The summed E-state index contributed by atoms with van der Waals surface area (Å²) in [7, 11) is 0. The smallest absolute Gasteiger partial charge is 0.251 e. The van der Waals surface area contributed by atoms with Crippen LogP contribution >= 0.6 is 0 Å². The zero-order valence-electron chi connectivity index (χ0n) is 11.5. The van der Waals surface area contributed by atoms with Crippen molar-refractivity contribution in [3.8, 4) is 0 Å². The number of carbonyl (C=O) groups excluding carboxylic acids is 3. The fourth-order valence-corrected chi connectivity index (χ4v) is 2.59. The summed E-state index contributed by atoms with van der Waals surface area (Å²) in [6, 6.07) is 4.10. The third-order valence-corrected chi connectivity index (χ3v) is 3.69. The molecule has 5 nitrogen and oxygen atoms in total. The number of nitrogens with two attached hydrogens (primary N) is 1. The van der Waals surface area contributed by atoms with E-state index in [1.165, 1.54) is 24.3 Å². The Kier molecular flexibility index (Phi) is 4.67. The lowest BCUT2D eigenvalue weighted by atomic mass is 9.82. The van der Waals surface area contributed by atoms with E-state index >= 15 is 0 Å². The molecule has 0 aliphatic heterocycles. The van der Waals surface area contributed by atoms with Crippen LogP contribution in [0.3, 0.4) is 0 Å². The molecule has 2 atom stereocenters. The Hall–Kier alpha value is -2.24. The first-order valence-corrected chi connectivity index (χ1v) is 6.85. The minimum absolute atomic E-state index is 0.0773. The van der Waals surface area contributed by atoms with E-state index in [9.17, 15) is 18.8 Å². The van der Waals surface area contributed by atoms with Gasteiger partial charge < -0.3 is 11.1 Å². The van der Waals surface area contributed by atoms with E-state index in [0.717, 1.165) is 0 Å². The number of benzene rings is 1. The van der Waals surface area contributed by atoms with Gasteiger partial charge in [-0.15, -0.1) is 0 Å². The van der Waals surface area contributed by atoms with Gasteiger partial charge in [0.25, 0.3) is 5.91 Å². The van der Waals surface area contributed by atoms with Gasteiger partial charge in [-0.05, 0) is 43.0 Å². The Balaban J connectivity index is 2.08. The number of carbonyl (C=O) groups is 3. The highest BCUT2D eigenvalue weighted by molar-refractivity contribution is 5.97. The van der Waals surface area contributed by atoms with Crippen molar-refractivity contribution in [2.75, 3.05) is 0 Å². The largest absolute Gasteiger partial charge is 0.368 e. The number of amides is 2. The van der Waals surface area contributed by atoms with E-state index in [1.807, 2.05) is 0 Å². The molecule has 0 saturated heterocycles. The maximum atomic E-state index is 12.8. The molecule has 0 bridgehead atoms. The highest BCUT2D eigenvalue weighted by Gasteiger charge is 2.32. The molecular weight excluding hydrogens is 275 g/mol. The Labute approximate surface area is 121 Å². The first-order chi connectivity index (χ1) is 9.97. The molecule has 1 aliphatic carbocycles. The predicted octanol–water partition coefficient (Wildman–Crippen LogP) is 1.17. The fraction of sp³-hybridized carbons (Fsp3) is 0.400. The molecule has 0 aromatic heterocycles. The number of hydrogen-bond acceptors (Lipinski definition) is 3. The minimum atomic E-state index is -0.883. The van der Waals surface area contributed by atoms with E-state index in [-0.39, 0.29) is 23.7 Å². The van der Waals surface area contributed by atoms with Crippen LogP contribution in [0.5, 0.6) is 0 Å². The first kappa shape index (κ1) is 15.2. The number of Topliss-reactive ketones (excluding diaryl/α,β-unsaturated/α-hetero) is 1. The van der Waals surface area contributed by atoms with Crippen LogP contribution < -0.4 is 11.1 Å². The summed E-state index contributed by atoms with van der Waals surface area (Å²) < 4.78 is 12.8. The quantitative estimate of drug-likeness (QED) is 0.873. The molecule has 6 heteroatoms. The van der Waals surface area contributed by atoms with E-state index in [2.05, 4.69) is 5.32 Å². The summed E-state index contributed by atoms with van der Waals surface area (Å²) >= 11 is 0. The molecule has 1 aromatic carbocycles. The maximum absolute atomic E-state index is 12.8. The van der Waals surface area contributed by atoms with Crippen LogP contribution in [0.25, 0.3) is 0 Å². The van der Waals surface area contributed by atoms with Crippen molar-refractivity contribution in [3.05, 3.63) is 35.6 Å². The molecule has 1 saturated carbocycles. The Morgan fingerprint density at radius 3 is 2.52 bits per heavy atom. The molecule has 0 heterocycles. The van der Waals surface area contributed by atoms with Crippen molar-refractivity contribution in [2.24, 2.45) is 11.7 Å². The molecule has 1 aromatic rings. The van der Waals surface area contributed by atoms with Crippen LogP contribution in [0.1, 0.15) is 36.0 Å². The first-order valence-electron chi connectivity index (χ1n) is 6.85. The summed E-state index contributed by atoms with van der Waals surface area (Å²) in [6.45, 7) is 0. The van der Waals surface area contributed by atoms with Crippen molar-refractivity contribution >= 4 is 17.6 Å². The highest BCUT2D eigenvalue weighted by atomic mass is 19.1. The van der Waals surface area contributed by atoms with Gasteiger partial charge in [0.2, 0.25) is 5.91 Å². The van der Waals surface area contributed by atoms with Crippen LogP contribution in [-0.4, -0.2) is 23.6 Å². The second-order valence-corrected chi connectivity index (χ2v) is 5.26. The highest BCUT2D eigenvalue weighted by Crippen LogP contribution is 2.24. The Bertz CT molecular complexity index is 557. The van der Waals surface area contributed by atoms with Gasteiger partial charge >= 0.3 is 0 Å². The lowest BCUT2D eigenvalue weighted by molar-refractivity contribution is -0.124. The maximum Gasteiger partial charge on any atom is 0.251 e. The summed E-state index contributed by atoms with van der Waals surface area (Å²) in [4.78, 5) is 35.1. The molecule has 112 valence electrons. The number of ketones is 1. The SMILES string of the molecule is NC(=O)[C@@H](NC(=O)c1ccc(F)cc1)[C@H]1CCCC(=O)C1. The third kappa shape index (κ3) is 3.87. The molecule has 3 N–H and O–H groups in total. The molecule has 2 rings (SSSR count). The van der Waals surface area contributed by atoms with Crippen molar-refractivity contribution in [1.29, 1.82) is 0 Å². The van der Waals surface area contributed by atoms with Crippen LogP contribution in [-0.2, 0) is 9.59 Å². The van der Waals surface area contributed by atoms with E-state index in [0.29, 0.717) is 19.3 Å². The van der Waals surface area contributed by atoms with Crippen molar-refractivity contribution in [3.63, 3.8) is 0 Å².